The van der Waals surface area contributed by atoms with Crippen LogP contribution in [-0.2, 0) is 26.2 Å². The van der Waals surface area contributed by atoms with Crippen molar-refractivity contribution in [1.82, 2.24) is 14.8 Å². The summed E-state index contributed by atoms with van der Waals surface area (Å²) in [5, 5.41) is 2.43. The maximum atomic E-state index is 14.5. The molecule has 0 radical (unpaired) electrons. The van der Waals surface area contributed by atoms with Gasteiger partial charge in [0.1, 0.15) is 46.3 Å². The summed E-state index contributed by atoms with van der Waals surface area (Å²) in [6.45, 7) is 7.31. The largest absolute Gasteiger partial charge is 0.497 e. The summed E-state index contributed by atoms with van der Waals surface area (Å²) in [6, 6.07) is 14.4. The SMILES string of the molecule is C=CCCN(C(=O)[C@@]1(NC(=O)NS(=O)(=O)N[C@@H](Cc2cc(F)cc(F)c2)C(=O)N(CC=C)c2ccc(OC)cc2)CC1c1cc(F)cc(F)c1)c1ccc(OC)cc1. The van der Waals surface area contributed by atoms with Crippen molar-refractivity contribution in [3.05, 3.63) is 145 Å². The van der Waals surface area contributed by atoms with Gasteiger partial charge in [0.2, 0.25) is 5.91 Å². The predicted molar refractivity (Wildman–Crippen MR) is 210 cm³/mol. The first-order chi connectivity index (χ1) is 27.6. The fourth-order valence-corrected chi connectivity index (χ4v) is 7.47. The third-order valence-electron chi connectivity index (χ3n) is 9.30. The maximum absolute atomic E-state index is 14.5. The molecule has 5 rings (SSSR count). The van der Waals surface area contributed by atoms with Crippen molar-refractivity contribution in [3.8, 4) is 11.5 Å². The Bertz CT molecular complexity index is 2240. The Hall–Kier alpha value is -6.20. The fraction of sp³-hybridized carbons (Fsp3) is 0.244. The number of nitrogens with zero attached hydrogens (tertiary/aromatic N) is 2. The first-order valence-electron chi connectivity index (χ1n) is 17.8. The molecule has 4 aromatic carbocycles. The smallest absolute Gasteiger partial charge is 0.330 e. The number of anilines is 2. The highest BCUT2D eigenvalue weighted by atomic mass is 32.2. The monoisotopic (exact) mass is 823 g/mol. The van der Waals surface area contributed by atoms with Crippen molar-refractivity contribution in [3.63, 3.8) is 0 Å². The molecule has 12 nitrogen and oxygen atoms in total. The van der Waals surface area contributed by atoms with Crippen LogP contribution in [0.2, 0.25) is 0 Å². The van der Waals surface area contributed by atoms with Crippen LogP contribution in [0.25, 0.3) is 0 Å². The molecule has 3 atom stereocenters. The van der Waals surface area contributed by atoms with Crippen LogP contribution in [-0.4, -0.2) is 65.2 Å². The van der Waals surface area contributed by atoms with Crippen molar-refractivity contribution in [1.29, 1.82) is 0 Å². The molecule has 1 unspecified atom stereocenters. The van der Waals surface area contributed by atoms with Gasteiger partial charge in [-0.05, 0) is 103 Å². The number of carbonyl (C=O) groups excluding carboxylic acids is 3. The molecule has 0 spiro atoms. The zero-order valence-corrected chi connectivity index (χ0v) is 32.3. The second-order valence-corrected chi connectivity index (χ2v) is 14.8. The van der Waals surface area contributed by atoms with Crippen LogP contribution in [0, 0.1) is 23.3 Å². The van der Waals surface area contributed by atoms with E-state index < -0.39 is 75.2 Å². The van der Waals surface area contributed by atoms with E-state index in [4.69, 9.17) is 9.47 Å². The van der Waals surface area contributed by atoms with E-state index in [1.165, 1.54) is 37.3 Å². The van der Waals surface area contributed by atoms with Crippen LogP contribution >= 0.6 is 0 Å². The molecule has 0 saturated heterocycles. The number of urea groups is 1. The second-order valence-electron chi connectivity index (χ2n) is 13.3. The Morgan fingerprint density at radius 1 is 0.810 bits per heavy atom. The van der Waals surface area contributed by atoms with Crippen molar-refractivity contribution in [2.24, 2.45) is 0 Å². The minimum atomic E-state index is -5.03. The van der Waals surface area contributed by atoms with E-state index >= 15 is 0 Å². The summed E-state index contributed by atoms with van der Waals surface area (Å²) in [7, 11) is -2.13. The maximum Gasteiger partial charge on any atom is 0.330 e. The van der Waals surface area contributed by atoms with Crippen molar-refractivity contribution < 1.29 is 49.8 Å². The van der Waals surface area contributed by atoms with Crippen molar-refractivity contribution in [2.75, 3.05) is 37.1 Å². The average molecular weight is 824 g/mol. The minimum Gasteiger partial charge on any atom is -0.497 e. The molecule has 1 aliphatic carbocycles. The van der Waals surface area contributed by atoms with Gasteiger partial charge in [0, 0.05) is 42.5 Å². The van der Waals surface area contributed by atoms with Crippen LogP contribution in [0.1, 0.15) is 29.9 Å². The highest BCUT2D eigenvalue weighted by molar-refractivity contribution is 7.88. The first kappa shape index (κ1) is 42.9. The first-order valence-corrected chi connectivity index (χ1v) is 19.3. The molecule has 4 amide bonds. The van der Waals surface area contributed by atoms with E-state index in [0.29, 0.717) is 35.7 Å². The minimum absolute atomic E-state index is 0.0272. The van der Waals surface area contributed by atoms with E-state index in [1.54, 1.807) is 47.2 Å². The lowest BCUT2D eigenvalue weighted by Crippen LogP contribution is -2.58. The molecule has 1 aliphatic rings. The number of methoxy groups -OCH3 is 2. The third-order valence-corrected chi connectivity index (χ3v) is 10.3. The number of nitrogens with one attached hydrogen (secondary N) is 3. The number of rotatable bonds is 18. The molecule has 3 N–H and O–H groups in total. The molecular weight excluding hydrogens is 783 g/mol. The zero-order chi connectivity index (χ0) is 42.2. The van der Waals surface area contributed by atoms with E-state index in [1.807, 2.05) is 0 Å². The Morgan fingerprint density at radius 2 is 1.33 bits per heavy atom. The van der Waals surface area contributed by atoms with E-state index in [2.05, 4.69) is 23.2 Å². The van der Waals surface area contributed by atoms with Crippen molar-refractivity contribution in [2.45, 2.75) is 36.8 Å². The van der Waals surface area contributed by atoms with Crippen LogP contribution in [0.15, 0.2) is 110 Å². The normalized spacial score (nSPS) is 16.3. The molecule has 0 heterocycles. The number of halogens is 4. The summed E-state index contributed by atoms with van der Waals surface area (Å²) >= 11 is 0. The molecule has 0 bridgehead atoms. The third kappa shape index (κ3) is 10.4. The van der Waals surface area contributed by atoms with Gasteiger partial charge >= 0.3 is 16.2 Å². The van der Waals surface area contributed by atoms with Gasteiger partial charge < -0.3 is 24.6 Å². The topological polar surface area (TPSA) is 146 Å². The summed E-state index contributed by atoms with van der Waals surface area (Å²) in [5.74, 6) is -5.52. The highest BCUT2D eigenvalue weighted by Gasteiger charge is 2.63. The lowest BCUT2D eigenvalue weighted by atomic mass is 10.0. The summed E-state index contributed by atoms with van der Waals surface area (Å²) in [6.07, 6.45) is 2.47. The van der Waals surface area contributed by atoms with Gasteiger partial charge in [0.25, 0.3) is 5.91 Å². The zero-order valence-electron chi connectivity index (χ0n) is 31.5. The van der Waals surface area contributed by atoms with Crippen LogP contribution in [0.4, 0.5) is 33.7 Å². The Kier molecular flexibility index (Phi) is 13.6. The predicted octanol–water partition coefficient (Wildman–Crippen LogP) is 6.06. The quantitative estimate of drug-likeness (QED) is 0.0818. The fourth-order valence-electron chi connectivity index (χ4n) is 6.55. The summed E-state index contributed by atoms with van der Waals surface area (Å²) in [4.78, 5) is 44.8. The molecule has 0 aromatic heterocycles. The van der Waals surface area contributed by atoms with Crippen LogP contribution in [0.3, 0.4) is 0 Å². The van der Waals surface area contributed by atoms with Gasteiger partial charge in [-0.15, -0.1) is 13.2 Å². The number of hydrogen-bond acceptors (Lipinski definition) is 7. The van der Waals surface area contributed by atoms with Crippen LogP contribution < -0.4 is 34.0 Å². The van der Waals surface area contributed by atoms with Crippen LogP contribution in [0.5, 0.6) is 11.5 Å². The molecule has 306 valence electrons. The van der Waals surface area contributed by atoms with Gasteiger partial charge in [-0.2, -0.15) is 13.1 Å². The van der Waals surface area contributed by atoms with Gasteiger partial charge in [-0.25, -0.2) is 27.1 Å². The van der Waals surface area contributed by atoms with Crippen molar-refractivity contribution >= 4 is 39.4 Å². The molecule has 4 aromatic rings. The van der Waals surface area contributed by atoms with Gasteiger partial charge in [-0.3, -0.25) is 9.59 Å². The lowest BCUT2D eigenvalue weighted by Gasteiger charge is -2.29. The second kappa shape index (κ2) is 18.4. The number of hydrogen-bond donors (Lipinski definition) is 3. The Labute approximate surface area is 333 Å². The summed E-state index contributed by atoms with van der Waals surface area (Å²) < 4.78 is 99.0. The van der Waals surface area contributed by atoms with E-state index in [-0.39, 0.29) is 36.3 Å². The van der Waals surface area contributed by atoms with Gasteiger partial charge in [0.05, 0.1) is 14.2 Å². The molecular formula is C41H41F4N5O7S. The number of benzene rings is 4. The Morgan fingerprint density at radius 3 is 1.83 bits per heavy atom. The van der Waals surface area contributed by atoms with Gasteiger partial charge in [0.15, 0.2) is 0 Å². The summed E-state index contributed by atoms with van der Waals surface area (Å²) in [5.41, 5.74) is -1.32. The molecule has 17 heteroatoms. The highest BCUT2D eigenvalue weighted by Crippen LogP contribution is 2.53. The number of carbonyl (C=O) groups is 3. The van der Waals surface area contributed by atoms with E-state index in [9.17, 15) is 40.4 Å². The number of ether oxygens (including phenoxy) is 2. The molecule has 1 fully saturated rings. The lowest BCUT2D eigenvalue weighted by molar-refractivity contribution is -0.121. The molecule has 58 heavy (non-hydrogen) atoms. The number of amides is 4. The molecule has 0 aliphatic heterocycles. The van der Waals surface area contributed by atoms with Gasteiger partial charge in [-0.1, -0.05) is 12.2 Å². The Balaban J connectivity index is 1.46. The average Bonchev–Trinajstić information content (AvgIpc) is 3.90. The van der Waals surface area contributed by atoms with E-state index in [0.717, 1.165) is 29.2 Å². The molecule has 1 saturated carbocycles. The standard InChI is InChI=1S/C41H41F4N5O7S/c1-5-7-17-50(33-10-14-35(57-4)15-11-33)39(52)41(25-36(41)27-21-30(44)24-31(45)22-27)46-40(53)48-58(54,55)47-37(20-26-18-28(42)23-29(43)19-26)38(51)49(16-6-2)32-8-12-34(56-3)13-9-32/h5-6,8-15,18-19,21-24,36-37,47H,1-2,7,16-17,20,25H2,3-4H3,(H2,46,48,53)/t36?,37-,41+/m0/s1.